The zero-order valence-corrected chi connectivity index (χ0v) is 18.4. The summed E-state index contributed by atoms with van der Waals surface area (Å²) in [5.41, 5.74) is 1.33. The first kappa shape index (κ1) is 21.5. The van der Waals surface area contributed by atoms with Gasteiger partial charge in [0.2, 0.25) is 0 Å². The highest BCUT2D eigenvalue weighted by Gasteiger charge is 2.24. The van der Waals surface area contributed by atoms with Gasteiger partial charge in [0.05, 0.1) is 24.9 Å². The molecule has 29 heavy (non-hydrogen) atoms. The fraction of sp³-hybridized carbons (Fsp3) is 0.400. The van der Waals surface area contributed by atoms with E-state index in [-0.39, 0.29) is 21.8 Å². The van der Waals surface area contributed by atoms with Gasteiger partial charge < -0.3 is 19.1 Å². The maximum atomic E-state index is 12.9. The molecule has 0 aliphatic carbocycles. The van der Waals surface area contributed by atoms with Crippen LogP contribution in [0.3, 0.4) is 0 Å². The molecule has 3 rings (SSSR count). The third kappa shape index (κ3) is 4.88. The average molecular weight is 441 g/mol. The Morgan fingerprint density at radius 3 is 2.41 bits per heavy atom. The van der Waals surface area contributed by atoms with E-state index in [4.69, 9.17) is 25.8 Å². The van der Waals surface area contributed by atoms with Gasteiger partial charge in [0.15, 0.2) is 11.5 Å². The van der Waals surface area contributed by atoms with Gasteiger partial charge in [-0.15, -0.1) is 0 Å². The normalized spacial score (nSPS) is 17.2. The predicted octanol–water partition coefficient (Wildman–Crippen LogP) is 3.55. The quantitative estimate of drug-likeness (QED) is 0.709. The molecule has 0 saturated carbocycles. The number of likely N-dealkylation sites (tertiary alicyclic amines) is 1. The molecule has 0 radical (unpaired) electrons. The minimum Gasteiger partial charge on any atom is -0.493 e. The van der Waals surface area contributed by atoms with Crippen LogP contribution in [0.2, 0.25) is 5.02 Å². The van der Waals surface area contributed by atoms with Gasteiger partial charge in [-0.05, 0) is 32.0 Å². The maximum absolute atomic E-state index is 12.9. The fourth-order valence-corrected chi connectivity index (χ4v) is 4.80. The number of ether oxygens (including phenoxy) is 3. The van der Waals surface area contributed by atoms with Gasteiger partial charge in [-0.25, -0.2) is 8.42 Å². The molecule has 0 amide bonds. The zero-order valence-electron chi connectivity index (χ0n) is 16.9. The number of hydrogen-bond acceptors (Lipinski definition) is 6. The average Bonchev–Trinajstić information content (AvgIpc) is 3.08. The fourth-order valence-electron chi connectivity index (χ4n) is 3.21. The Labute approximate surface area is 176 Å². The van der Waals surface area contributed by atoms with Gasteiger partial charge in [0.1, 0.15) is 16.7 Å². The van der Waals surface area contributed by atoms with E-state index in [1.165, 1.54) is 26.4 Å². The van der Waals surface area contributed by atoms with E-state index in [2.05, 4.69) is 9.62 Å². The minimum atomic E-state index is -3.95. The zero-order chi connectivity index (χ0) is 21.2. The number of nitrogens with one attached hydrogen (secondary N) is 1. The Bertz CT molecular complexity index is 997. The van der Waals surface area contributed by atoms with E-state index in [1.54, 1.807) is 12.1 Å². The van der Waals surface area contributed by atoms with Gasteiger partial charge in [-0.1, -0.05) is 17.7 Å². The summed E-state index contributed by atoms with van der Waals surface area (Å²) in [5.74, 6) is 1.28. The summed E-state index contributed by atoms with van der Waals surface area (Å²) >= 11 is 6.19. The predicted molar refractivity (Wildman–Crippen MR) is 113 cm³/mol. The molecule has 9 heteroatoms. The van der Waals surface area contributed by atoms with E-state index in [1.807, 2.05) is 20.0 Å². The number of benzene rings is 2. The maximum Gasteiger partial charge on any atom is 0.263 e. The SMILES string of the molecule is COc1cc(Cl)c(S(=O)(=O)Nc2ccc(C)c(OC3CCN(C)C3)c2)cc1OC. The van der Waals surface area contributed by atoms with Crippen molar-refractivity contribution in [3.05, 3.63) is 40.9 Å². The van der Waals surface area contributed by atoms with Crippen molar-refractivity contribution < 1.29 is 22.6 Å². The van der Waals surface area contributed by atoms with Gasteiger partial charge >= 0.3 is 0 Å². The molecule has 1 N–H and O–H groups in total. The van der Waals surface area contributed by atoms with Gasteiger partial charge in [0.25, 0.3) is 10.0 Å². The number of hydrogen-bond donors (Lipinski definition) is 1. The van der Waals surface area contributed by atoms with Crippen molar-refractivity contribution in [1.82, 2.24) is 4.90 Å². The third-order valence-electron chi connectivity index (χ3n) is 4.81. The van der Waals surface area contributed by atoms with Crippen LogP contribution in [0.15, 0.2) is 35.2 Å². The van der Waals surface area contributed by atoms with Gasteiger partial charge in [0, 0.05) is 31.3 Å². The lowest BCUT2D eigenvalue weighted by Crippen LogP contribution is -2.21. The molecule has 158 valence electrons. The number of likely N-dealkylation sites (N-methyl/N-ethyl adjacent to an activating group) is 1. The lowest BCUT2D eigenvalue weighted by molar-refractivity contribution is 0.207. The van der Waals surface area contributed by atoms with Crippen molar-refractivity contribution in [3.8, 4) is 17.2 Å². The minimum absolute atomic E-state index is 0.0349. The number of aryl methyl sites for hydroxylation is 1. The van der Waals surface area contributed by atoms with Crippen molar-refractivity contribution >= 4 is 27.3 Å². The number of halogens is 1. The molecule has 0 aromatic heterocycles. The largest absolute Gasteiger partial charge is 0.493 e. The number of methoxy groups -OCH3 is 2. The van der Waals surface area contributed by atoms with E-state index >= 15 is 0 Å². The molecule has 1 aliphatic heterocycles. The molecule has 1 heterocycles. The Hall–Kier alpha value is -2.16. The molecular formula is C20H25ClN2O5S. The molecule has 1 aliphatic rings. The number of anilines is 1. The van der Waals surface area contributed by atoms with Crippen LogP contribution in [0.5, 0.6) is 17.2 Å². The van der Waals surface area contributed by atoms with Crippen LogP contribution in [-0.2, 0) is 10.0 Å². The molecular weight excluding hydrogens is 416 g/mol. The molecule has 1 saturated heterocycles. The summed E-state index contributed by atoms with van der Waals surface area (Å²) in [4.78, 5) is 2.10. The second kappa shape index (κ2) is 8.69. The van der Waals surface area contributed by atoms with Crippen LogP contribution < -0.4 is 18.9 Å². The summed E-state index contributed by atoms with van der Waals surface area (Å²) in [6.07, 6.45) is 1.03. The van der Waals surface area contributed by atoms with E-state index in [0.717, 1.165) is 25.1 Å². The van der Waals surface area contributed by atoms with Crippen molar-refractivity contribution in [1.29, 1.82) is 0 Å². The second-order valence-corrected chi connectivity index (χ2v) is 9.07. The van der Waals surface area contributed by atoms with Crippen LogP contribution in [0, 0.1) is 6.92 Å². The lowest BCUT2D eigenvalue weighted by Gasteiger charge is -2.17. The first-order valence-electron chi connectivity index (χ1n) is 9.13. The van der Waals surface area contributed by atoms with Crippen LogP contribution in [-0.4, -0.2) is 53.8 Å². The van der Waals surface area contributed by atoms with Crippen LogP contribution >= 0.6 is 11.6 Å². The van der Waals surface area contributed by atoms with Crippen molar-refractivity contribution in [2.75, 3.05) is 39.1 Å². The van der Waals surface area contributed by atoms with E-state index < -0.39 is 10.0 Å². The third-order valence-corrected chi connectivity index (χ3v) is 6.66. The first-order valence-corrected chi connectivity index (χ1v) is 11.0. The molecule has 1 atom stereocenters. The van der Waals surface area contributed by atoms with Crippen LogP contribution in [0.1, 0.15) is 12.0 Å². The Kier molecular flexibility index (Phi) is 6.45. The Balaban J connectivity index is 1.86. The summed E-state index contributed by atoms with van der Waals surface area (Å²) in [7, 11) is 0.986. The number of sulfonamides is 1. The van der Waals surface area contributed by atoms with Gasteiger partial charge in [-0.3, -0.25) is 4.72 Å². The summed E-state index contributed by atoms with van der Waals surface area (Å²) in [6.45, 7) is 3.75. The molecule has 0 spiro atoms. The van der Waals surface area contributed by atoms with Crippen LogP contribution in [0.25, 0.3) is 0 Å². The van der Waals surface area contributed by atoms with E-state index in [9.17, 15) is 8.42 Å². The van der Waals surface area contributed by atoms with Gasteiger partial charge in [-0.2, -0.15) is 0 Å². The summed E-state index contributed by atoms with van der Waals surface area (Å²) < 4.78 is 44.9. The smallest absolute Gasteiger partial charge is 0.263 e. The number of rotatable bonds is 7. The summed E-state index contributed by atoms with van der Waals surface area (Å²) in [6, 6.07) is 7.95. The standard InChI is InChI=1S/C20H25ClN2O5S/c1-13-5-6-14(9-17(13)28-15-7-8-23(2)12-15)22-29(24,25)20-11-19(27-4)18(26-3)10-16(20)21/h5-6,9-11,15,22H,7-8,12H2,1-4H3. The molecule has 0 bridgehead atoms. The summed E-state index contributed by atoms with van der Waals surface area (Å²) in [5, 5.41) is 0.0349. The highest BCUT2D eigenvalue weighted by molar-refractivity contribution is 7.92. The number of nitrogens with zero attached hydrogens (tertiary/aromatic N) is 1. The molecule has 2 aromatic rings. The monoisotopic (exact) mass is 440 g/mol. The van der Waals surface area contributed by atoms with Crippen molar-refractivity contribution in [2.24, 2.45) is 0 Å². The highest BCUT2D eigenvalue weighted by Crippen LogP contribution is 2.36. The van der Waals surface area contributed by atoms with Crippen molar-refractivity contribution in [3.63, 3.8) is 0 Å². The lowest BCUT2D eigenvalue weighted by atomic mass is 10.2. The Morgan fingerprint density at radius 1 is 1.10 bits per heavy atom. The highest BCUT2D eigenvalue weighted by atomic mass is 35.5. The van der Waals surface area contributed by atoms with Crippen molar-refractivity contribution in [2.45, 2.75) is 24.3 Å². The Morgan fingerprint density at radius 2 is 1.79 bits per heavy atom. The van der Waals surface area contributed by atoms with E-state index in [0.29, 0.717) is 17.2 Å². The van der Waals surface area contributed by atoms with Crippen LogP contribution in [0.4, 0.5) is 5.69 Å². The topological polar surface area (TPSA) is 77.1 Å². The first-order chi connectivity index (χ1) is 13.7. The molecule has 7 nitrogen and oxygen atoms in total. The molecule has 1 unspecified atom stereocenters. The molecule has 1 fully saturated rings. The molecule has 2 aromatic carbocycles. The second-order valence-electron chi connectivity index (χ2n) is 7.01.